The van der Waals surface area contributed by atoms with E-state index in [1.54, 1.807) is 17.8 Å². The van der Waals surface area contributed by atoms with Crippen LogP contribution in [0.3, 0.4) is 0 Å². The molecule has 0 aliphatic rings. The number of hydrogen-bond acceptors (Lipinski definition) is 5. The van der Waals surface area contributed by atoms with Crippen LogP contribution in [-0.2, 0) is 11.3 Å². The molecule has 2 atom stereocenters. The summed E-state index contributed by atoms with van der Waals surface area (Å²) in [6.07, 6.45) is -2.83. The molecule has 2 rings (SSSR count). The Morgan fingerprint density at radius 2 is 1.92 bits per heavy atom. The third-order valence-corrected chi connectivity index (χ3v) is 4.42. The molecule has 25 heavy (non-hydrogen) atoms. The van der Waals surface area contributed by atoms with Crippen molar-refractivity contribution in [3.05, 3.63) is 65.7 Å². The molecule has 0 fully saturated rings. The van der Waals surface area contributed by atoms with E-state index in [-0.39, 0.29) is 13.2 Å². The highest BCUT2D eigenvalue weighted by molar-refractivity contribution is 7.99. The third-order valence-electron chi connectivity index (χ3n) is 3.54. The Hall–Kier alpha value is -2.02. The fourth-order valence-electron chi connectivity index (χ4n) is 2.25. The van der Waals surface area contributed by atoms with Gasteiger partial charge in [-0.3, -0.25) is 0 Å². The maximum Gasteiger partial charge on any atom is 0.407 e. The van der Waals surface area contributed by atoms with Gasteiger partial charge in [-0.1, -0.05) is 49.4 Å². The molecule has 134 valence electrons. The van der Waals surface area contributed by atoms with Gasteiger partial charge in [0.15, 0.2) is 0 Å². The number of aliphatic hydroxyl groups excluding tert-OH is 2. The average molecular weight is 361 g/mol. The Morgan fingerprint density at radius 3 is 2.64 bits per heavy atom. The van der Waals surface area contributed by atoms with Crippen molar-refractivity contribution in [3.63, 3.8) is 0 Å². The first-order valence-corrected chi connectivity index (χ1v) is 9.12. The number of nitrogens with one attached hydrogen (secondary N) is 1. The molecular formula is C19H23NO4S. The van der Waals surface area contributed by atoms with Crippen LogP contribution >= 0.6 is 11.8 Å². The van der Waals surface area contributed by atoms with Crippen LogP contribution in [0.4, 0.5) is 4.79 Å². The fraction of sp³-hybridized carbons (Fsp3) is 0.316. The van der Waals surface area contributed by atoms with Gasteiger partial charge in [0.25, 0.3) is 0 Å². The van der Waals surface area contributed by atoms with Crippen molar-refractivity contribution in [2.45, 2.75) is 30.6 Å². The van der Waals surface area contributed by atoms with E-state index >= 15 is 0 Å². The maximum absolute atomic E-state index is 11.7. The van der Waals surface area contributed by atoms with Crippen LogP contribution in [0.15, 0.2) is 59.5 Å². The molecule has 6 heteroatoms. The first kappa shape index (κ1) is 19.3. The summed E-state index contributed by atoms with van der Waals surface area (Å²) in [4.78, 5) is 12.7. The van der Waals surface area contributed by atoms with Gasteiger partial charge in [0, 0.05) is 11.4 Å². The summed E-state index contributed by atoms with van der Waals surface area (Å²) < 4.78 is 5.07. The molecule has 0 saturated carbocycles. The van der Waals surface area contributed by atoms with E-state index < -0.39 is 18.3 Å². The second-order valence-electron chi connectivity index (χ2n) is 5.46. The molecule has 0 aliphatic carbocycles. The zero-order chi connectivity index (χ0) is 18.1. The number of carbonyl (C=O) groups is 1. The lowest BCUT2D eigenvalue weighted by Gasteiger charge is -2.19. The molecule has 0 radical (unpaired) electrons. The van der Waals surface area contributed by atoms with Crippen molar-refractivity contribution in [1.82, 2.24) is 5.32 Å². The molecule has 0 spiro atoms. The van der Waals surface area contributed by atoms with Crippen LogP contribution in [0.2, 0.25) is 0 Å². The van der Waals surface area contributed by atoms with Crippen LogP contribution < -0.4 is 5.32 Å². The van der Waals surface area contributed by atoms with E-state index in [1.165, 1.54) is 0 Å². The summed E-state index contributed by atoms with van der Waals surface area (Å²) in [5, 5.41) is 22.8. The predicted molar refractivity (Wildman–Crippen MR) is 98.4 cm³/mol. The van der Waals surface area contributed by atoms with Gasteiger partial charge in [0.1, 0.15) is 18.8 Å². The minimum absolute atomic E-state index is 0.0973. The molecular weight excluding hydrogens is 338 g/mol. The highest BCUT2D eigenvalue weighted by atomic mass is 32.2. The SMILES string of the molecule is CCSc1cccc(C(O)C(O)CNC(=O)OCc2ccccc2)c1. The van der Waals surface area contributed by atoms with E-state index in [2.05, 4.69) is 5.32 Å². The molecule has 2 aromatic carbocycles. The monoisotopic (exact) mass is 361 g/mol. The van der Waals surface area contributed by atoms with Crippen LogP contribution in [0, 0.1) is 0 Å². The zero-order valence-corrected chi connectivity index (χ0v) is 14.9. The lowest BCUT2D eigenvalue weighted by atomic mass is 10.0. The van der Waals surface area contributed by atoms with Crippen molar-refractivity contribution in [1.29, 1.82) is 0 Å². The number of amides is 1. The summed E-state index contributed by atoms with van der Waals surface area (Å²) in [5.74, 6) is 0.927. The zero-order valence-electron chi connectivity index (χ0n) is 14.1. The van der Waals surface area contributed by atoms with Crippen molar-refractivity contribution < 1.29 is 19.7 Å². The molecule has 2 unspecified atom stereocenters. The number of aliphatic hydroxyl groups is 2. The van der Waals surface area contributed by atoms with Gasteiger partial charge < -0.3 is 20.3 Å². The third kappa shape index (κ3) is 6.42. The fourth-order valence-corrected chi connectivity index (χ4v) is 2.98. The van der Waals surface area contributed by atoms with Crippen LogP contribution in [0.25, 0.3) is 0 Å². The summed E-state index contributed by atoms with van der Waals surface area (Å²) in [5.41, 5.74) is 1.49. The van der Waals surface area contributed by atoms with Gasteiger partial charge in [-0.25, -0.2) is 4.79 Å². The van der Waals surface area contributed by atoms with Gasteiger partial charge in [-0.15, -0.1) is 11.8 Å². The second kappa shape index (κ2) is 10.1. The van der Waals surface area contributed by atoms with E-state index in [0.29, 0.717) is 5.56 Å². The Morgan fingerprint density at radius 1 is 1.16 bits per heavy atom. The Kier molecular flexibility index (Phi) is 7.78. The minimum atomic E-state index is -1.12. The minimum Gasteiger partial charge on any atom is -0.445 e. The van der Waals surface area contributed by atoms with Gasteiger partial charge in [-0.2, -0.15) is 0 Å². The van der Waals surface area contributed by atoms with Crippen LogP contribution in [0.5, 0.6) is 0 Å². The summed E-state index contributed by atoms with van der Waals surface area (Å²) in [7, 11) is 0. The number of hydrogen-bond donors (Lipinski definition) is 3. The highest BCUT2D eigenvalue weighted by Gasteiger charge is 2.19. The average Bonchev–Trinajstić information content (AvgIpc) is 2.65. The van der Waals surface area contributed by atoms with Gasteiger partial charge in [-0.05, 0) is 29.0 Å². The number of rotatable bonds is 8. The van der Waals surface area contributed by atoms with Crippen molar-refractivity contribution in [3.8, 4) is 0 Å². The molecule has 5 nitrogen and oxygen atoms in total. The topological polar surface area (TPSA) is 78.8 Å². The number of ether oxygens (including phenoxy) is 1. The first-order valence-electron chi connectivity index (χ1n) is 8.13. The van der Waals surface area contributed by atoms with E-state index in [4.69, 9.17) is 4.74 Å². The Labute approximate surface area is 152 Å². The van der Waals surface area contributed by atoms with E-state index in [0.717, 1.165) is 16.2 Å². The number of thioether (sulfide) groups is 1. The summed E-state index contributed by atoms with van der Waals surface area (Å²) in [6.45, 7) is 2.11. The lowest BCUT2D eigenvalue weighted by molar-refractivity contribution is 0.0183. The van der Waals surface area contributed by atoms with Crippen molar-refractivity contribution >= 4 is 17.9 Å². The molecule has 0 heterocycles. The smallest absolute Gasteiger partial charge is 0.407 e. The number of alkyl carbamates (subject to hydrolysis) is 1. The maximum atomic E-state index is 11.7. The Balaban J connectivity index is 1.79. The second-order valence-corrected chi connectivity index (χ2v) is 6.80. The largest absolute Gasteiger partial charge is 0.445 e. The predicted octanol–water partition coefficient (Wildman–Crippen LogP) is 3.12. The summed E-state index contributed by atoms with van der Waals surface area (Å²) >= 11 is 1.66. The molecule has 2 aromatic rings. The van der Waals surface area contributed by atoms with Crippen molar-refractivity contribution in [2.24, 2.45) is 0 Å². The van der Waals surface area contributed by atoms with Crippen LogP contribution in [0.1, 0.15) is 24.2 Å². The van der Waals surface area contributed by atoms with Gasteiger partial charge in [0.05, 0.1) is 0 Å². The highest BCUT2D eigenvalue weighted by Crippen LogP contribution is 2.23. The molecule has 0 bridgehead atoms. The molecule has 0 aromatic heterocycles. The Bertz CT molecular complexity index is 665. The molecule has 0 aliphatic heterocycles. The molecule has 1 amide bonds. The van der Waals surface area contributed by atoms with Gasteiger partial charge in [0.2, 0.25) is 0 Å². The van der Waals surface area contributed by atoms with Crippen molar-refractivity contribution in [2.75, 3.05) is 12.3 Å². The van der Waals surface area contributed by atoms with Gasteiger partial charge >= 0.3 is 6.09 Å². The standard InChI is InChI=1S/C19H23NO4S/c1-2-25-16-10-6-9-15(11-16)18(22)17(21)12-20-19(23)24-13-14-7-4-3-5-8-14/h3-11,17-18,21-22H,2,12-13H2,1H3,(H,20,23). The lowest BCUT2D eigenvalue weighted by Crippen LogP contribution is -2.35. The van der Waals surface area contributed by atoms with E-state index in [9.17, 15) is 15.0 Å². The molecule has 0 saturated heterocycles. The number of carbonyl (C=O) groups excluding carboxylic acids is 1. The first-order chi connectivity index (χ1) is 12.1. The van der Waals surface area contributed by atoms with E-state index in [1.807, 2.05) is 55.5 Å². The van der Waals surface area contributed by atoms with Crippen LogP contribution in [-0.4, -0.2) is 34.7 Å². The normalized spacial score (nSPS) is 13.1. The quantitative estimate of drug-likeness (QED) is 0.630. The summed E-state index contributed by atoms with van der Waals surface area (Å²) in [6, 6.07) is 16.7. The number of benzene rings is 2. The molecule has 3 N–H and O–H groups in total.